The predicted molar refractivity (Wildman–Crippen MR) is 104 cm³/mol. The highest BCUT2D eigenvalue weighted by Crippen LogP contribution is 2.23. The lowest BCUT2D eigenvalue weighted by Gasteiger charge is -2.20. The van der Waals surface area contributed by atoms with E-state index < -0.39 is 0 Å². The highest BCUT2D eigenvalue weighted by atomic mass is 16.5. The molecule has 3 heteroatoms. The van der Waals surface area contributed by atoms with Crippen LogP contribution >= 0.6 is 0 Å². The number of methoxy groups -OCH3 is 1. The van der Waals surface area contributed by atoms with Crippen molar-refractivity contribution in [1.29, 1.82) is 0 Å². The standard InChI is InChI=1S/C23H23NO2/c1-17-11-13-20(14-12-17)23(19-8-4-3-5-9-19)24-22(25)16-18-7-6-10-21(15-18)26-2/h3-15,23H,16H2,1-2H3,(H,24,25). The first-order valence-electron chi connectivity index (χ1n) is 8.69. The molecule has 0 aliphatic heterocycles. The summed E-state index contributed by atoms with van der Waals surface area (Å²) in [6, 6.07) is 25.7. The average Bonchev–Trinajstić information content (AvgIpc) is 2.68. The molecule has 0 saturated carbocycles. The quantitative estimate of drug-likeness (QED) is 0.717. The van der Waals surface area contributed by atoms with E-state index in [1.165, 1.54) is 5.56 Å². The minimum Gasteiger partial charge on any atom is -0.497 e. The Morgan fingerprint density at radius 1 is 0.923 bits per heavy atom. The fourth-order valence-corrected chi connectivity index (χ4v) is 2.94. The van der Waals surface area contributed by atoms with E-state index in [0.717, 1.165) is 22.4 Å². The highest BCUT2D eigenvalue weighted by Gasteiger charge is 2.17. The van der Waals surface area contributed by atoms with Crippen LogP contribution in [0.25, 0.3) is 0 Å². The van der Waals surface area contributed by atoms with Gasteiger partial charge in [0.1, 0.15) is 5.75 Å². The molecule has 1 N–H and O–H groups in total. The van der Waals surface area contributed by atoms with Crippen LogP contribution in [0.3, 0.4) is 0 Å². The van der Waals surface area contributed by atoms with Crippen LogP contribution in [0, 0.1) is 6.92 Å². The third kappa shape index (κ3) is 4.51. The molecule has 132 valence electrons. The van der Waals surface area contributed by atoms with Gasteiger partial charge in [0, 0.05) is 0 Å². The number of hydrogen-bond acceptors (Lipinski definition) is 2. The van der Waals surface area contributed by atoms with Crippen LogP contribution < -0.4 is 10.1 Å². The summed E-state index contributed by atoms with van der Waals surface area (Å²) >= 11 is 0. The number of amides is 1. The molecule has 0 aliphatic rings. The molecule has 0 bridgehead atoms. The van der Waals surface area contributed by atoms with Gasteiger partial charge in [-0.3, -0.25) is 4.79 Å². The number of ether oxygens (including phenoxy) is 1. The molecule has 1 atom stereocenters. The van der Waals surface area contributed by atoms with Crippen molar-refractivity contribution in [2.75, 3.05) is 7.11 Å². The van der Waals surface area contributed by atoms with Crippen LogP contribution in [0.4, 0.5) is 0 Å². The number of aryl methyl sites for hydroxylation is 1. The van der Waals surface area contributed by atoms with Gasteiger partial charge in [0.15, 0.2) is 0 Å². The summed E-state index contributed by atoms with van der Waals surface area (Å²) < 4.78 is 5.24. The molecule has 0 aromatic heterocycles. The number of benzene rings is 3. The van der Waals surface area contributed by atoms with Crippen LogP contribution in [0.5, 0.6) is 5.75 Å². The summed E-state index contributed by atoms with van der Waals surface area (Å²) in [6.45, 7) is 2.06. The molecule has 0 spiro atoms. The summed E-state index contributed by atoms with van der Waals surface area (Å²) in [6.07, 6.45) is 0.312. The van der Waals surface area contributed by atoms with Gasteiger partial charge in [-0.15, -0.1) is 0 Å². The van der Waals surface area contributed by atoms with E-state index in [1.54, 1.807) is 7.11 Å². The zero-order chi connectivity index (χ0) is 18.4. The van der Waals surface area contributed by atoms with Crippen molar-refractivity contribution in [3.63, 3.8) is 0 Å². The molecule has 1 amide bonds. The Morgan fingerprint density at radius 3 is 2.31 bits per heavy atom. The zero-order valence-corrected chi connectivity index (χ0v) is 15.1. The van der Waals surface area contributed by atoms with Gasteiger partial charge in [0.25, 0.3) is 0 Å². The fourth-order valence-electron chi connectivity index (χ4n) is 2.94. The largest absolute Gasteiger partial charge is 0.497 e. The van der Waals surface area contributed by atoms with Gasteiger partial charge < -0.3 is 10.1 Å². The number of carbonyl (C=O) groups is 1. The van der Waals surface area contributed by atoms with Crippen LogP contribution in [0.1, 0.15) is 28.3 Å². The number of nitrogens with one attached hydrogen (secondary N) is 1. The molecule has 0 saturated heterocycles. The van der Waals surface area contributed by atoms with Crippen molar-refractivity contribution < 1.29 is 9.53 Å². The van der Waals surface area contributed by atoms with Crippen LogP contribution in [0.2, 0.25) is 0 Å². The molecule has 3 nitrogen and oxygen atoms in total. The molecule has 0 heterocycles. The average molecular weight is 345 g/mol. The Labute approximate surface area is 154 Å². The smallest absolute Gasteiger partial charge is 0.225 e. The van der Waals surface area contributed by atoms with Gasteiger partial charge in [-0.25, -0.2) is 0 Å². The molecule has 0 aliphatic carbocycles. The maximum absolute atomic E-state index is 12.7. The summed E-state index contributed by atoms with van der Waals surface area (Å²) in [7, 11) is 1.63. The second-order valence-corrected chi connectivity index (χ2v) is 6.35. The lowest BCUT2D eigenvalue weighted by Crippen LogP contribution is -2.30. The minimum atomic E-state index is -0.171. The van der Waals surface area contributed by atoms with Gasteiger partial charge in [0.05, 0.1) is 19.6 Å². The van der Waals surface area contributed by atoms with Gasteiger partial charge in [-0.1, -0.05) is 72.3 Å². The molecule has 0 fully saturated rings. The topological polar surface area (TPSA) is 38.3 Å². The molecule has 3 rings (SSSR count). The van der Waals surface area contributed by atoms with E-state index in [2.05, 4.69) is 36.5 Å². The van der Waals surface area contributed by atoms with Crippen molar-refractivity contribution in [3.8, 4) is 5.75 Å². The van der Waals surface area contributed by atoms with Gasteiger partial charge in [0.2, 0.25) is 5.91 Å². The summed E-state index contributed by atoms with van der Waals surface area (Å²) in [5.41, 5.74) is 4.26. The molecule has 3 aromatic rings. The van der Waals surface area contributed by atoms with E-state index >= 15 is 0 Å². The second kappa shape index (κ2) is 8.34. The van der Waals surface area contributed by atoms with Crippen molar-refractivity contribution in [2.24, 2.45) is 0 Å². The molecule has 3 aromatic carbocycles. The van der Waals surface area contributed by atoms with Gasteiger partial charge >= 0.3 is 0 Å². The van der Waals surface area contributed by atoms with E-state index in [9.17, 15) is 4.79 Å². The van der Waals surface area contributed by atoms with Crippen LogP contribution in [-0.4, -0.2) is 13.0 Å². The Bertz CT molecular complexity index is 857. The zero-order valence-electron chi connectivity index (χ0n) is 15.1. The first-order chi connectivity index (χ1) is 12.7. The summed E-state index contributed by atoms with van der Waals surface area (Å²) in [4.78, 5) is 12.7. The van der Waals surface area contributed by atoms with E-state index in [4.69, 9.17) is 4.74 Å². The normalized spacial score (nSPS) is 11.6. The summed E-state index contributed by atoms with van der Waals surface area (Å²) in [5, 5.41) is 3.18. The second-order valence-electron chi connectivity index (χ2n) is 6.35. The Morgan fingerprint density at radius 2 is 1.62 bits per heavy atom. The fraction of sp³-hybridized carbons (Fsp3) is 0.174. The van der Waals surface area contributed by atoms with Crippen molar-refractivity contribution >= 4 is 5.91 Å². The molecular weight excluding hydrogens is 322 g/mol. The van der Waals surface area contributed by atoms with E-state index in [1.807, 2.05) is 54.6 Å². The third-order valence-electron chi connectivity index (χ3n) is 4.35. The molecule has 0 radical (unpaired) electrons. The number of hydrogen-bond donors (Lipinski definition) is 1. The van der Waals surface area contributed by atoms with E-state index in [-0.39, 0.29) is 11.9 Å². The minimum absolute atomic E-state index is 0.0207. The Balaban J connectivity index is 1.81. The first kappa shape index (κ1) is 17.7. The van der Waals surface area contributed by atoms with E-state index in [0.29, 0.717) is 6.42 Å². The lowest BCUT2D eigenvalue weighted by atomic mass is 9.97. The monoisotopic (exact) mass is 345 g/mol. The van der Waals surface area contributed by atoms with Gasteiger partial charge in [-0.05, 0) is 35.7 Å². The lowest BCUT2D eigenvalue weighted by molar-refractivity contribution is -0.120. The van der Waals surface area contributed by atoms with Crippen molar-refractivity contribution in [1.82, 2.24) is 5.32 Å². The van der Waals surface area contributed by atoms with Crippen molar-refractivity contribution in [3.05, 3.63) is 101 Å². The molecule has 1 unspecified atom stereocenters. The Hall–Kier alpha value is -3.07. The number of carbonyl (C=O) groups excluding carboxylic acids is 1. The van der Waals surface area contributed by atoms with Crippen LogP contribution in [0.15, 0.2) is 78.9 Å². The van der Waals surface area contributed by atoms with Gasteiger partial charge in [-0.2, -0.15) is 0 Å². The Kier molecular flexibility index (Phi) is 5.69. The SMILES string of the molecule is COc1cccc(CC(=O)NC(c2ccccc2)c2ccc(C)cc2)c1. The highest BCUT2D eigenvalue weighted by molar-refractivity contribution is 5.79. The third-order valence-corrected chi connectivity index (χ3v) is 4.35. The first-order valence-corrected chi connectivity index (χ1v) is 8.69. The molecule has 26 heavy (non-hydrogen) atoms. The maximum atomic E-state index is 12.7. The maximum Gasteiger partial charge on any atom is 0.225 e. The van der Waals surface area contributed by atoms with Crippen LogP contribution in [-0.2, 0) is 11.2 Å². The van der Waals surface area contributed by atoms with Crippen molar-refractivity contribution in [2.45, 2.75) is 19.4 Å². The predicted octanol–water partition coefficient (Wildman–Crippen LogP) is 4.45. The summed E-state index contributed by atoms with van der Waals surface area (Å²) in [5.74, 6) is 0.737. The number of rotatable bonds is 6. The molecular formula is C23H23NO2.